The zero-order valence-corrected chi connectivity index (χ0v) is 10.5. The van der Waals surface area contributed by atoms with Crippen LogP contribution in [0.15, 0.2) is 0 Å². The van der Waals surface area contributed by atoms with Crippen molar-refractivity contribution in [1.82, 2.24) is 5.32 Å². The van der Waals surface area contributed by atoms with Gasteiger partial charge in [0.05, 0.1) is 0 Å². The molecule has 0 aromatic carbocycles. The Bertz CT molecular complexity index is 200. The van der Waals surface area contributed by atoms with Crippen LogP contribution >= 0.6 is 0 Å². The first-order chi connectivity index (χ1) is 7.72. The van der Waals surface area contributed by atoms with Crippen LogP contribution in [0, 0.1) is 5.92 Å². The zero-order chi connectivity index (χ0) is 11.8. The summed E-state index contributed by atoms with van der Waals surface area (Å²) in [4.78, 5) is 11.7. The van der Waals surface area contributed by atoms with Crippen LogP contribution in [0.4, 0.5) is 0 Å². The molecule has 0 aliphatic heterocycles. The fraction of sp³-hybridized carbons (Fsp3) is 0.923. The van der Waals surface area contributed by atoms with Crippen LogP contribution in [-0.4, -0.2) is 18.5 Å². The molecule has 16 heavy (non-hydrogen) atoms. The van der Waals surface area contributed by atoms with E-state index in [-0.39, 0.29) is 11.9 Å². The van der Waals surface area contributed by atoms with Crippen LogP contribution < -0.4 is 11.1 Å². The van der Waals surface area contributed by atoms with Crippen molar-refractivity contribution in [3.63, 3.8) is 0 Å². The van der Waals surface area contributed by atoms with Gasteiger partial charge in [0.1, 0.15) is 0 Å². The van der Waals surface area contributed by atoms with E-state index < -0.39 is 0 Å². The van der Waals surface area contributed by atoms with Gasteiger partial charge >= 0.3 is 0 Å². The van der Waals surface area contributed by atoms with Crippen LogP contribution in [-0.2, 0) is 4.79 Å². The molecule has 1 atom stereocenters. The van der Waals surface area contributed by atoms with E-state index in [1.807, 2.05) is 0 Å². The van der Waals surface area contributed by atoms with E-state index in [9.17, 15) is 4.79 Å². The number of amides is 1. The highest BCUT2D eigenvalue weighted by molar-refractivity contribution is 5.76. The Morgan fingerprint density at radius 2 is 2.06 bits per heavy atom. The van der Waals surface area contributed by atoms with Crippen LogP contribution in [0.2, 0.25) is 0 Å². The number of carbonyl (C=O) groups excluding carboxylic acids is 1. The molecule has 3 N–H and O–H groups in total. The van der Waals surface area contributed by atoms with E-state index in [1.54, 1.807) is 0 Å². The molecule has 0 bridgehead atoms. The third-order valence-corrected chi connectivity index (χ3v) is 3.42. The third kappa shape index (κ3) is 5.50. The fourth-order valence-corrected chi connectivity index (χ4v) is 2.44. The SMILES string of the molecule is CCCC(N)CNC(=O)CC1CCCCC1. The highest BCUT2D eigenvalue weighted by Crippen LogP contribution is 2.25. The molecular formula is C13H26N2O. The van der Waals surface area contributed by atoms with Crippen molar-refractivity contribution >= 4 is 5.91 Å². The maximum Gasteiger partial charge on any atom is 0.220 e. The summed E-state index contributed by atoms with van der Waals surface area (Å²) in [5, 5.41) is 2.95. The summed E-state index contributed by atoms with van der Waals surface area (Å²) in [7, 11) is 0. The van der Waals surface area contributed by atoms with Gasteiger partial charge in [-0.15, -0.1) is 0 Å². The van der Waals surface area contributed by atoms with Crippen LogP contribution in [0.25, 0.3) is 0 Å². The van der Waals surface area contributed by atoms with Gasteiger partial charge in [-0.1, -0.05) is 32.6 Å². The lowest BCUT2D eigenvalue weighted by Gasteiger charge is -2.21. The Kier molecular flexibility index (Phi) is 6.46. The normalized spacial score (nSPS) is 19.4. The van der Waals surface area contributed by atoms with Gasteiger partial charge in [-0.05, 0) is 25.2 Å². The number of hydrogen-bond acceptors (Lipinski definition) is 2. The summed E-state index contributed by atoms with van der Waals surface area (Å²) in [5.41, 5.74) is 5.85. The predicted octanol–water partition coefficient (Wildman–Crippen LogP) is 2.20. The van der Waals surface area contributed by atoms with Gasteiger partial charge in [-0.3, -0.25) is 4.79 Å². The first kappa shape index (κ1) is 13.5. The largest absolute Gasteiger partial charge is 0.355 e. The van der Waals surface area contributed by atoms with Gasteiger partial charge in [0.15, 0.2) is 0 Å². The molecule has 1 saturated carbocycles. The first-order valence-corrected chi connectivity index (χ1v) is 6.74. The summed E-state index contributed by atoms with van der Waals surface area (Å²) in [6.45, 7) is 2.75. The highest BCUT2D eigenvalue weighted by Gasteiger charge is 2.16. The van der Waals surface area contributed by atoms with E-state index in [0.717, 1.165) is 12.8 Å². The number of nitrogens with two attached hydrogens (primary N) is 1. The monoisotopic (exact) mass is 226 g/mol. The van der Waals surface area contributed by atoms with Gasteiger partial charge in [-0.25, -0.2) is 0 Å². The molecule has 0 heterocycles. The lowest BCUT2D eigenvalue weighted by atomic mass is 9.87. The third-order valence-electron chi connectivity index (χ3n) is 3.42. The van der Waals surface area contributed by atoms with E-state index in [0.29, 0.717) is 18.9 Å². The van der Waals surface area contributed by atoms with Crippen molar-refractivity contribution < 1.29 is 4.79 Å². The molecule has 0 aromatic heterocycles. The van der Waals surface area contributed by atoms with Crippen molar-refractivity contribution in [2.45, 2.75) is 64.3 Å². The maximum atomic E-state index is 11.7. The van der Waals surface area contributed by atoms with Crippen molar-refractivity contribution in [1.29, 1.82) is 0 Å². The second-order valence-corrected chi connectivity index (χ2v) is 5.06. The summed E-state index contributed by atoms with van der Waals surface area (Å²) in [6.07, 6.45) is 9.19. The zero-order valence-electron chi connectivity index (χ0n) is 10.5. The van der Waals surface area contributed by atoms with Crippen LogP contribution in [0.1, 0.15) is 58.3 Å². The second-order valence-electron chi connectivity index (χ2n) is 5.06. The highest BCUT2D eigenvalue weighted by atomic mass is 16.1. The molecule has 0 spiro atoms. The molecular weight excluding hydrogens is 200 g/mol. The molecule has 1 fully saturated rings. The van der Waals surface area contributed by atoms with Gasteiger partial charge in [0.25, 0.3) is 0 Å². The van der Waals surface area contributed by atoms with Gasteiger partial charge in [0, 0.05) is 19.0 Å². The van der Waals surface area contributed by atoms with E-state index in [2.05, 4.69) is 12.2 Å². The number of rotatable bonds is 6. The average molecular weight is 226 g/mol. The van der Waals surface area contributed by atoms with Crippen molar-refractivity contribution in [3.05, 3.63) is 0 Å². The number of carbonyl (C=O) groups is 1. The molecule has 3 nitrogen and oxygen atoms in total. The molecule has 0 radical (unpaired) electrons. The fourth-order valence-electron chi connectivity index (χ4n) is 2.44. The Balaban J connectivity index is 2.10. The average Bonchev–Trinajstić information content (AvgIpc) is 2.28. The van der Waals surface area contributed by atoms with Crippen molar-refractivity contribution in [3.8, 4) is 0 Å². The Labute approximate surface area is 99.2 Å². The minimum absolute atomic E-state index is 0.125. The van der Waals surface area contributed by atoms with Crippen LogP contribution in [0.3, 0.4) is 0 Å². The van der Waals surface area contributed by atoms with Gasteiger partial charge < -0.3 is 11.1 Å². The Hall–Kier alpha value is -0.570. The molecule has 0 saturated heterocycles. The number of hydrogen-bond donors (Lipinski definition) is 2. The van der Waals surface area contributed by atoms with Gasteiger partial charge in [0.2, 0.25) is 5.91 Å². The molecule has 1 aliphatic carbocycles. The summed E-state index contributed by atoms with van der Waals surface area (Å²) >= 11 is 0. The van der Waals surface area contributed by atoms with Gasteiger partial charge in [-0.2, -0.15) is 0 Å². The van der Waals surface area contributed by atoms with E-state index >= 15 is 0 Å². The Morgan fingerprint density at radius 1 is 1.38 bits per heavy atom. The van der Waals surface area contributed by atoms with Crippen molar-refractivity contribution in [2.75, 3.05) is 6.54 Å². The minimum atomic E-state index is 0.125. The molecule has 1 unspecified atom stereocenters. The summed E-state index contributed by atoms with van der Waals surface area (Å²) < 4.78 is 0. The standard InChI is InChI=1S/C13H26N2O/c1-2-6-12(14)10-15-13(16)9-11-7-4-3-5-8-11/h11-12H,2-10,14H2,1H3,(H,15,16). The van der Waals surface area contributed by atoms with E-state index in [1.165, 1.54) is 32.1 Å². The summed E-state index contributed by atoms with van der Waals surface area (Å²) in [6, 6.07) is 0.125. The second kappa shape index (κ2) is 7.66. The smallest absolute Gasteiger partial charge is 0.220 e. The maximum absolute atomic E-state index is 11.7. The predicted molar refractivity (Wildman–Crippen MR) is 67.1 cm³/mol. The summed E-state index contributed by atoms with van der Waals surface area (Å²) in [5.74, 6) is 0.814. The molecule has 94 valence electrons. The molecule has 0 aromatic rings. The molecule has 1 aliphatic rings. The molecule has 1 rings (SSSR count). The van der Waals surface area contributed by atoms with Crippen molar-refractivity contribution in [2.24, 2.45) is 11.7 Å². The van der Waals surface area contributed by atoms with E-state index in [4.69, 9.17) is 5.73 Å². The molecule has 3 heteroatoms. The topological polar surface area (TPSA) is 55.1 Å². The number of nitrogens with one attached hydrogen (secondary N) is 1. The minimum Gasteiger partial charge on any atom is -0.355 e. The lowest BCUT2D eigenvalue weighted by molar-refractivity contribution is -0.122. The lowest BCUT2D eigenvalue weighted by Crippen LogP contribution is -2.37. The first-order valence-electron chi connectivity index (χ1n) is 6.74. The van der Waals surface area contributed by atoms with Crippen LogP contribution in [0.5, 0.6) is 0 Å². The Morgan fingerprint density at radius 3 is 2.69 bits per heavy atom. The quantitative estimate of drug-likeness (QED) is 0.729. The molecule has 1 amide bonds.